The third kappa shape index (κ3) is 4.96. The summed E-state index contributed by atoms with van der Waals surface area (Å²) >= 11 is 0. The Hall–Kier alpha value is -0.770. The first-order valence-corrected chi connectivity index (χ1v) is 4.33. The molecule has 0 radical (unpaired) electrons. The van der Waals surface area contributed by atoms with Crippen LogP contribution < -0.4 is 11.1 Å². The lowest BCUT2D eigenvalue weighted by Gasteiger charge is -2.19. The zero-order valence-corrected chi connectivity index (χ0v) is 7.71. The maximum absolute atomic E-state index is 10.2. The fourth-order valence-electron chi connectivity index (χ4n) is 0.992. The molecule has 0 fully saturated rings. The van der Waals surface area contributed by atoms with E-state index in [4.69, 9.17) is 10.8 Å². The molecule has 4 heteroatoms. The van der Waals surface area contributed by atoms with Gasteiger partial charge in [-0.25, -0.2) is 4.79 Å². The van der Waals surface area contributed by atoms with Crippen LogP contribution in [0.1, 0.15) is 33.1 Å². The number of carboxylic acid groups (broad SMARTS) is 1. The summed E-state index contributed by atoms with van der Waals surface area (Å²) < 4.78 is 0. The van der Waals surface area contributed by atoms with Crippen LogP contribution in [0.4, 0.5) is 4.79 Å². The maximum atomic E-state index is 10.2. The Morgan fingerprint density at radius 1 is 1.67 bits per heavy atom. The molecule has 0 aliphatic carbocycles. The summed E-state index contributed by atoms with van der Waals surface area (Å²) in [6.45, 7) is 3.87. The Bertz CT molecular complexity index is 139. The van der Waals surface area contributed by atoms with E-state index in [1.165, 1.54) is 0 Å². The molecule has 2 atom stereocenters. The molecule has 0 aromatic heterocycles. The molecule has 0 unspecified atom stereocenters. The summed E-state index contributed by atoms with van der Waals surface area (Å²) in [5.74, 6) is 0. The molecule has 0 aliphatic heterocycles. The van der Waals surface area contributed by atoms with E-state index < -0.39 is 6.09 Å². The largest absolute Gasteiger partial charge is 0.465 e. The van der Waals surface area contributed by atoms with E-state index >= 15 is 0 Å². The predicted octanol–water partition coefficient (Wildman–Crippen LogP) is 1.16. The van der Waals surface area contributed by atoms with E-state index in [0.29, 0.717) is 0 Å². The van der Waals surface area contributed by atoms with Crippen LogP contribution in [0.3, 0.4) is 0 Å². The predicted molar refractivity (Wildman–Crippen MR) is 48.1 cm³/mol. The first kappa shape index (κ1) is 11.2. The second-order valence-corrected chi connectivity index (χ2v) is 3.04. The molecule has 0 saturated heterocycles. The number of nitrogens with one attached hydrogen (secondary N) is 1. The first-order chi connectivity index (χ1) is 5.57. The molecule has 4 nitrogen and oxygen atoms in total. The topological polar surface area (TPSA) is 75.3 Å². The zero-order valence-electron chi connectivity index (χ0n) is 7.71. The van der Waals surface area contributed by atoms with E-state index in [1.807, 2.05) is 0 Å². The SMILES string of the molecule is CCCC[C@@H](N)[C@H](C)NC(=O)O. The van der Waals surface area contributed by atoms with Gasteiger partial charge >= 0.3 is 6.09 Å². The number of unbranched alkanes of at least 4 members (excludes halogenated alkanes) is 1. The molecule has 72 valence electrons. The van der Waals surface area contributed by atoms with E-state index in [1.54, 1.807) is 6.92 Å². The lowest BCUT2D eigenvalue weighted by molar-refractivity contribution is 0.188. The molecule has 0 saturated carbocycles. The summed E-state index contributed by atoms with van der Waals surface area (Å²) in [5.41, 5.74) is 5.73. The lowest BCUT2D eigenvalue weighted by Crippen LogP contribution is -2.45. The second-order valence-electron chi connectivity index (χ2n) is 3.04. The van der Waals surface area contributed by atoms with Crippen LogP contribution in [0.5, 0.6) is 0 Å². The number of hydrogen-bond donors (Lipinski definition) is 3. The normalized spacial score (nSPS) is 15.2. The van der Waals surface area contributed by atoms with Crippen LogP contribution in [0.15, 0.2) is 0 Å². The molecule has 0 bridgehead atoms. The highest BCUT2D eigenvalue weighted by molar-refractivity contribution is 5.64. The maximum Gasteiger partial charge on any atom is 0.404 e. The standard InChI is InChI=1S/C8H18N2O2/c1-3-4-5-7(9)6(2)10-8(11)12/h6-7,10H,3-5,9H2,1-2H3,(H,11,12)/t6-,7+/m0/s1. The van der Waals surface area contributed by atoms with Crippen molar-refractivity contribution in [3.8, 4) is 0 Å². The van der Waals surface area contributed by atoms with Gasteiger partial charge in [-0.05, 0) is 13.3 Å². The minimum atomic E-state index is -1.01. The summed E-state index contributed by atoms with van der Waals surface area (Å²) in [5, 5.41) is 10.7. The molecule has 0 aromatic carbocycles. The average Bonchev–Trinajstić information content (AvgIpc) is 1.98. The van der Waals surface area contributed by atoms with Gasteiger partial charge in [0.1, 0.15) is 0 Å². The highest BCUT2D eigenvalue weighted by Crippen LogP contribution is 2.01. The number of amides is 1. The average molecular weight is 174 g/mol. The van der Waals surface area contributed by atoms with Crippen molar-refractivity contribution in [1.82, 2.24) is 5.32 Å². The minimum absolute atomic E-state index is 0.0685. The van der Waals surface area contributed by atoms with Gasteiger partial charge in [-0.1, -0.05) is 19.8 Å². The van der Waals surface area contributed by atoms with E-state index in [-0.39, 0.29) is 12.1 Å². The molecule has 12 heavy (non-hydrogen) atoms. The van der Waals surface area contributed by atoms with Gasteiger partial charge in [-0.3, -0.25) is 0 Å². The van der Waals surface area contributed by atoms with E-state index in [2.05, 4.69) is 12.2 Å². The van der Waals surface area contributed by atoms with Gasteiger partial charge in [0.05, 0.1) is 0 Å². The van der Waals surface area contributed by atoms with Crippen molar-refractivity contribution >= 4 is 6.09 Å². The third-order valence-corrected chi connectivity index (χ3v) is 1.88. The number of hydrogen-bond acceptors (Lipinski definition) is 2. The molecular formula is C8H18N2O2. The Balaban J connectivity index is 3.60. The Morgan fingerprint density at radius 3 is 2.67 bits per heavy atom. The van der Waals surface area contributed by atoms with Crippen molar-refractivity contribution in [2.24, 2.45) is 5.73 Å². The Labute approximate surface area is 73.1 Å². The van der Waals surface area contributed by atoms with E-state index in [0.717, 1.165) is 19.3 Å². The molecule has 4 N–H and O–H groups in total. The van der Waals surface area contributed by atoms with Gasteiger partial charge in [0.15, 0.2) is 0 Å². The van der Waals surface area contributed by atoms with Crippen molar-refractivity contribution in [2.75, 3.05) is 0 Å². The van der Waals surface area contributed by atoms with Gasteiger partial charge in [0.25, 0.3) is 0 Å². The fourth-order valence-corrected chi connectivity index (χ4v) is 0.992. The molecular weight excluding hydrogens is 156 g/mol. The monoisotopic (exact) mass is 174 g/mol. The highest BCUT2D eigenvalue weighted by Gasteiger charge is 2.13. The van der Waals surface area contributed by atoms with Crippen molar-refractivity contribution in [3.63, 3.8) is 0 Å². The molecule has 0 aromatic rings. The summed E-state index contributed by atoms with van der Waals surface area (Å²) in [6, 6.07) is -0.227. The second kappa shape index (κ2) is 5.83. The quantitative estimate of drug-likeness (QED) is 0.585. The number of carbonyl (C=O) groups is 1. The van der Waals surface area contributed by atoms with Gasteiger partial charge in [0.2, 0.25) is 0 Å². The van der Waals surface area contributed by atoms with Crippen LogP contribution in [-0.4, -0.2) is 23.3 Å². The third-order valence-electron chi connectivity index (χ3n) is 1.88. The smallest absolute Gasteiger partial charge is 0.404 e. The molecule has 0 aliphatic rings. The molecule has 0 spiro atoms. The van der Waals surface area contributed by atoms with Crippen LogP contribution in [0.2, 0.25) is 0 Å². The highest BCUT2D eigenvalue weighted by atomic mass is 16.4. The molecule has 0 rings (SSSR count). The molecule has 1 amide bonds. The zero-order chi connectivity index (χ0) is 9.56. The Kier molecular flexibility index (Phi) is 5.45. The van der Waals surface area contributed by atoms with Gasteiger partial charge in [-0.2, -0.15) is 0 Å². The van der Waals surface area contributed by atoms with E-state index in [9.17, 15) is 4.79 Å². The van der Waals surface area contributed by atoms with Crippen molar-refractivity contribution < 1.29 is 9.90 Å². The van der Waals surface area contributed by atoms with Gasteiger partial charge < -0.3 is 16.2 Å². The lowest BCUT2D eigenvalue weighted by atomic mass is 10.0. The van der Waals surface area contributed by atoms with Crippen molar-refractivity contribution in [1.29, 1.82) is 0 Å². The van der Waals surface area contributed by atoms with Gasteiger partial charge in [0, 0.05) is 12.1 Å². The number of rotatable bonds is 5. The number of nitrogens with two attached hydrogens (primary N) is 1. The van der Waals surface area contributed by atoms with Crippen molar-refractivity contribution in [2.45, 2.75) is 45.2 Å². The van der Waals surface area contributed by atoms with Crippen LogP contribution in [-0.2, 0) is 0 Å². The summed E-state index contributed by atoms with van der Waals surface area (Å²) in [7, 11) is 0. The van der Waals surface area contributed by atoms with Crippen LogP contribution in [0, 0.1) is 0 Å². The van der Waals surface area contributed by atoms with Crippen molar-refractivity contribution in [3.05, 3.63) is 0 Å². The van der Waals surface area contributed by atoms with Crippen LogP contribution in [0.25, 0.3) is 0 Å². The first-order valence-electron chi connectivity index (χ1n) is 4.33. The Morgan fingerprint density at radius 2 is 2.25 bits per heavy atom. The van der Waals surface area contributed by atoms with Crippen LogP contribution >= 0.6 is 0 Å². The summed E-state index contributed by atoms with van der Waals surface area (Å²) in [6.07, 6.45) is 2.01. The fraction of sp³-hybridized carbons (Fsp3) is 0.875. The minimum Gasteiger partial charge on any atom is -0.465 e. The molecule has 0 heterocycles. The van der Waals surface area contributed by atoms with Gasteiger partial charge in [-0.15, -0.1) is 0 Å². The summed E-state index contributed by atoms with van der Waals surface area (Å²) in [4.78, 5) is 10.2.